The zero-order valence-corrected chi connectivity index (χ0v) is 8.25. The first-order chi connectivity index (χ1) is 6.13. The second-order valence-corrected chi connectivity index (χ2v) is 3.49. The van der Waals surface area contributed by atoms with Crippen LogP contribution in [0.5, 0.6) is 5.75 Å². The van der Waals surface area contributed by atoms with Crippen LogP contribution in [0, 0.1) is 6.92 Å². The molecule has 2 nitrogen and oxygen atoms in total. The molecule has 0 amide bonds. The predicted molar refractivity (Wildman–Crippen MR) is 54.8 cm³/mol. The second-order valence-electron chi connectivity index (χ2n) is 3.49. The van der Waals surface area contributed by atoms with Gasteiger partial charge in [0.05, 0.1) is 0 Å². The van der Waals surface area contributed by atoms with Gasteiger partial charge in [-0.05, 0) is 37.0 Å². The van der Waals surface area contributed by atoms with Crippen LogP contribution in [0.25, 0.3) is 0 Å². The van der Waals surface area contributed by atoms with Crippen molar-refractivity contribution in [3.63, 3.8) is 0 Å². The lowest BCUT2D eigenvalue weighted by Gasteiger charge is -2.09. The SMILES string of the molecule is CC[C@H](N)Cc1ccc(C)c(O)c1. The van der Waals surface area contributed by atoms with Crippen molar-refractivity contribution in [3.8, 4) is 5.75 Å². The molecule has 0 radical (unpaired) electrons. The molecule has 1 atom stereocenters. The van der Waals surface area contributed by atoms with E-state index < -0.39 is 0 Å². The number of hydrogen-bond donors (Lipinski definition) is 2. The number of nitrogens with two attached hydrogens (primary N) is 1. The molecule has 0 spiro atoms. The number of phenols is 1. The molecule has 0 saturated heterocycles. The van der Waals surface area contributed by atoms with Crippen LogP contribution in [0.3, 0.4) is 0 Å². The quantitative estimate of drug-likeness (QED) is 0.745. The van der Waals surface area contributed by atoms with Crippen LogP contribution in [0.2, 0.25) is 0 Å². The number of aromatic hydroxyl groups is 1. The molecule has 1 aromatic rings. The minimum absolute atomic E-state index is 0.196. The largest absolute Gasteiger partial charge is 0.508 e. The van der Waals surface area contributed by atoms with Gasteiger partial charge in [-0.2, -0.15) is 0 Å². The molecule has 1 rings (SSSR count). The van der Waals surface area contributed by atoms with Gasteiger partial charge in [-0.3, -0.25) is 0 Å². The highest BCUT2D eigenvalue weighted by molar-refractivity contribution is 5.35. The summed E-state index contributed by atoms with van der Waals surface area (Å²) in [7, 11) is 0. The van der Waals surface area contributed by atoms with E-state index in [1.54, 1.807) is 6.07 Å². The molecule has 0 saturated carbocycles. The summed E-state index contributed by atoms with van der Waals surface area (Å²) in [6, 6.07) is 5.93. The molecule has 0 aromatic heterocycles. The summed E-state index contributed by atoms with van der Waals surface area (Å²) in [6.45, 7) is 3.96. The van der Waals surface area contributed by atoms with E-state index in [9.17, 15) is 5.11 Å². The van der Waals surface area contributed by atoms with Gasteiger partial charge >= 0.3 is 0 Å². The molecule has 0 aliphatic heterocycles. The Balaban J connectivity index is 2.73. The fourth-order valence-corrected chi connectivity index (χ4v) is 1.23. The summed E-state index contributed by atoms with van der Waals surface area (Å²) < 4.78 is 0. The molecule has 0 aliphatic carbocycles. The summed E-state index contributed by atoms with van der Waals surface area (Å²) >= 11 is 0. The molecule has 3 N–H and O–H groups in total. The van der Waals surface area contributed by atoms with Crippen molar-refractivity contribution in [1.29, 1.82) is 0 Å². The Bertz CT molecular complexity index is 283. The molecule has 1 aromatic carbocycles. The van der Waals surface area contributed by atoms with E-state index in [2.05, 4.69) is 6.92 Å². The molecule has 13 heavy (non-hydrogen) atoms. The van der Waals surface area contributed by atoms with E-state index in [1.807, 2.05) is 19.1 Å². The average molecular weight is 179 g/mol. The average Bonchev–Trinajstić information content (AvgIpc) is 2.11. The van der Waals surface area contributed by atoms with E-state index in [0.717, 1.165) is 24.0 Å². The maximum atomic E-state index is 9.44. The monoisotopic (exact) mass is 179 g/mol. The van der Waals surface area contributed by atoms with Gasteiger partial charge in [0.1, 0.15) is 5.75 Å². The van der Waals surface area contributed by atoms with Crippen molar-refractivity contribution < 1.29 is 5.11 Å². The van der Waals surface area contributed by atoms with Gasteiger partial charge in [-0.15, -0.1) is 0 Å². The Morgan fingerprint density at radius 3 is 2.69 bits per heavy atom. The van der Waals surface area contributed by atoms with Gasteiger partial charge in [0.25, 0.3) is 0 Å². The molecule has 0 bridgehead atoms. The lowest BCUT2D eigenvalue weighted by atomic mass is 10.0. The van der Waals surface area contributed by atoms with E-state index in [-0.39, 0.29) is 6.04 Å². The third-order valence-electron chi connectivity index (χ3n) is 2.30. The van der Waals surface area contributed by atoms with Gasteiger partial charge in [0.15, 0.2) is 0 Å². The normalized spacial score (nSPS) is 12.8. The van der Waals surface area contributed by atoms with Crippen LogP contribution in [0.4, 0.5) is 0 Å². The van der Waals surface area contributed by atoms with Crippen molar-refractivity contribution in [2.24, 2.45) is 5.73 Å². The zero-order chi connectivity index (χ0) is 9.84. The highest BCUT2D eigenvalue weighted by Crippen LogP contribution is 2.18. The van der Waals surface area contributed by atoms with E-state index >= 15 is 0 Å². The van der Waals surface area contributed by atoms with Gasteiger partial charge in [0, 0.05) is 6.04 Å². The topological polar surface area (TPSA) is 46.2 Å². The molecule has 0 aliphatic rings. The van der Waals surface area contributed by atoms with E-state index in [4.69, 9.17) is 5.73 Å². The second kappa shape index (κ2) is 4.28. The van der Waals surface area contributed by atoms with Crippen LogP contribution in [-0.2, 0) is 6.42 Å². The Morgan fingerprint density at radius 1 is 1.46 bits per heavy atom. The van der Waals surface area contributed by atoms with Gasteiger partial charge in [0.2, 0.25) is 0 Å². The molecular formula is C11H17NO. The smallest absolute Gasteiger partial charge is 0.118 e. The van der Waals surface area contributed by atoms with Crippen LogP contribution >= 0.6 is 0 Å². The van der Waals surface area contributed by atoms with Crippen molar-refractivity contribution in [2.45, 2.75) is 32.7 Å². The molecule has 72 valence electrons. The molecule has 0 fully saturated rings. The number of aryl methyl sites for hydroxylation is 1. The molecule has 2 heteroatoms. The van der Waals surface area contributed by atoms with E-state index in [1.165, 1.54) is 0 Å². The summed E-state index contributed by atoms with van der Waals surface area (Å²) in [4.78, 5) is 0. The van der Waals surface area contributed by atoms with Gasteiger partial charge in [-0.1, -0.05) is 19.1 Å². The summed E-state index contributed by atoms with van der Waals surface area (Å²) in [5, 5.41) is 9.44. The number of phenolic OH excluding ortho intramolecular Hbond substituents is 1. The maximum absolute atomic E-state index is 9.44. The first kappa shape index (κ1) is 10.1. The van der Waals surface area contributed by atoms with Crippen LogP contribution in [-0.4, -0.2) is 11.1 Å². The molecular weight excluding hydrogens is 162 g/mol. The maximum Gasteiger partial charge on any atom is 0.118 e. The van der Waals surface area contributed by atoms with Crippen molar-refractivity contribution in [2.75, 3.05) is 0 Å². The van der Waals surface area contributed by atoms with Crippen LogP contribution in [0.15, 0.2) is 18.2 Å². The summed E-state index contributed by atoms with van der Waals surface area (Å²) in [6.07, 6.45) is 1.80. The minimum Gasteiger partial charge on any atom is -0.508 e. The minimum atomic E-state index is 0.196. The zero-order valence-electron chi connectivity index (χ0n) is 8.25. The Labute approximate surface area is 79.4 Å². The van der Waals surface area contributed by atoms with Crippen molar-refractivity contribution in [3.05, 3.63) is 29.3 Å². The van der Waals surface area contributed by atoms with Gasteiger partial charge in [-0.25, -0.2) is 0 Å². The highest BCUT2D eigenvalue weighted by Gasteiger charge is 2.03. The first-order valence-corrected chi connectivity index (χ1v) is 4.67. The van der Waals surface area contributed by atoms with Crippen molar-refractivity contribution in [1.82, 2.24) is 0 Å². The fourth-order valence-electron chi connectivity index (χ4n) is 1.23. The Hall–Kier alpha value is -1.02. The van der Waals surface area contributed by atoms with Crippen molar-refractivity contribution >= 4 is 0 Å². The van der Waals surface area contributed by atoms with E-state index in [0.29, 0.717) is 5.75 Å². The third kappa shape index (κ3) is 2.74. The number of hydrogen-bond acceptors (Lipinski definition) is 2. The predicted octanol–water partition coefficient (Wildman–Crippen LogP) is 1.98. The summed E-state index contributed by atoms with van der Waals surface area (Å²) in [5.41, 5.74) is 7.83. The fraction of sp³-hybridized carbons (Fsp3) is 0.455. The Morgan fingerprint density at radius 2 is 2.15 bits per heavy atom. The first-order valence-electron chi connectivity index (χ1n) is 4.67. The highest BCUT2D eigenvalue weighted by atomic mass is 16.3. The molecule has 0 unspecified atom stereocenters. The lowest BCUT2D eigenvalue weighted by molar-refractivity contribution is 0.470. The number of benzene rings is 1. The Kier molecular flexibility index (Phi) is 3.32. The lowest BCUT2D eigenvalue weighted by Crippen LogP contribution is -2.21. The standard InChI is InChI=1S/C11H17NO/c1-3-10(12)6-9-5-4-8(2)11(13)7-9/h4-5,7,10,13H,3,6,12H2,1-2H3/t10-/m0/s1. The summed E-state index contributed by atoms with van der Waals surface area (Å²) in [5.74, 6) is 0.362. The van der Waals surface area contributed by atoms with Crippen LogP contribution < -0.4 is 5.73 Å². The third-order valence-corrected chi connectivity index (χ3v) is 2.30. The molecule has 0 heterocycles. The van der Waals surface area contributed by atoms with Gasteiger partial charge < -0.3 is 10.8 Å². The number of rotatable bonds is 3. The van der Waals surface area contributed by atoms with Crippen LogP contribution in [0.1, 0.15) is 24.5 Å².